The fraction of sp³-hybridized carbons (Fsp3) is 1.00. The van der Waals surface area contributed by atoms with Crippen molar-refractivity contribution < 1.29 is 37.3 Å². The fourth-order valence-corrected chi connectivity index (χ4v) is 5.17. The van der Waals surface area contributed by atoms with Crippen molar-refractivity contribution in [3.05, 3.63) is 0 Å². The Labute approximate surface area is 128 Å². The largest absolute Gasteiger partial charge is 1.00 e. The fourth-order valence-electron chi connectivity index (χ4n) is 1.58. The van der Waals surface area contributed by atoms with Crippen molar-refractivity contribution >= 4 is 19.7 Å². The van der Waals surface area contributed by atoms with Gasteiger partial charge in [0, 0.05) is 25.9 Å². The molecule has 0 N–H and O–H groups in total. The van der Waals surface area contributed by atoms with Crippen LogP contribution in [0, 0.1) is 0 Å². The highest BCUT2D eigenvalue weighted by molar-refractivity contribution is 7.95. The Balaban J connectivity index is 0. The van der Waals surface area contributed by atoms with Crippen LogP contribution in [0.15, 0.2) is 0 Å². The average molecular weight is 394 g/mol. The molecule has 0 saturated heterocycles. The lowest BCUT2D eigenvalue weighted by Gasteiger charge is -2.28. The summed E-state index contributed by atoms with van der Waals surface area (Å²) in [4.78, 5) is 0. The molecule has 0 aromatic heterocycles. The monoisotopic (exact) mass is 394 g/mol. The normalized spacial score (nSPS) is 11.6. The Hall–Kier alpha value is 1.18. The number of hydrogen-bond acceptors (Lipinski definition) is 3. The minimum atomic E-state index is -2.36. The predicted molar refractivity (Wildman–Crippen MR) is 74.1 cm³/mol. The van der Waals surface area contributed by atoms with Gasteiger partial charge in [-0.15, -0.1) is 0 Å². The SMILES string of the molecule is CCO[Si](CCC[S+](C)C)(OCC)OCC.[I-]. The first kappa shape index (κ1) is 20.5. The van der Waals surface area contributed by atoms with Crippen LogP contribution in [-0.2, 0) is 24.2 Å². The van der Waals surface area contributed by atoms with E-state index in [0.29, 0.717) is 30.7 Å². The topological polar surface area (TPSA) is 27.7 Å². The predicted octanol–water partition coefficient (Wildman–Crippen LogP) is -0.693. The lowest BCUT2D eigenvalue weighted by Crippen LogP contribution is -3.00. The minimum Gasteiger partial charge on any atom is -1.00 e. The van der Waals surface area contributed by atoms with E-state index in [-0.39, 0.29) is 24.0 Å². The van der Waals surface area contributed by atoms with Crippen LogP contribution in [0.5, 0.6) is 0 Å². The van der Waals surface area contributed by atoms with Crippen molar-refractivity contribution in [3.63, 3.8) is 0 Å². The molecule has 0 fully saturated rings. The summed E-state index contributed by atoms with van der Waals surface area (Å²) in [6.07, 6.45) is 5.68. The van der Waals surface area contributed by atoms with Crippen LogP contribution in [0.4, 0.5) is 0 Å². The lowest BCUT2D eigenvalue weighted by atomic mass is 10.6. The van der Waals surface area contributed by atoms with E-state index >= 15 is 0 Å². The molecule has 17 heavy (non-hydrogen) atoms. The Morgan fingerprint density at radius 1 is 0.882 bits per heavy atom. The molecule has 106 valence electrons. The van der Waals surface area contributed by atoms with Gasteiger partial charge in [-0.25, -0.2) is 0 Å². The third-order valence-corrected chi connectivity index (χ3v) is 6.38. The summed E-state index contributed by atoms with van der Waals surface area (Å²) in [6.45, 7) is 8.04. The van der Waals surface area contributed by atoms with Gasteiger partial charge in [0.1, 0.15) is 5.75 Å². The van der Waals surface area contributed by atoms with Crippen molar-refractivity contribution in [2.75, 3.05) is 38.1 Å². The summed E-state index contributed by atoms with van der Waals surface area (Å²) in [5.41, 5.74) is 0. The van der Waals surface area contributed by atoms with Gasteiger partial charge >= 0.3 is 8.80 Å². The molecule has 3 nitrogen and oxygen atoms in total. The Bertz CT molecular complexity index is 156. The van der Waals surface area contributed by atoms with Crippen molar-refractivity contribution in [3.8, 4) is 0 Å². The van der Waals surface area contributed by atoms with Crippen LogP contribution in [-0.4, -0.2) is 46.9 Å². The van der Waals surface area contributed by atoms with Gasteiger partial charge in [-0.05, 0) is 38.1 Å². The third kappa shape index (κ3) is 9.72. The molecule has 0 rings (SSSR count). The zero-order valence-electron chi connectivity index (χ0n) is 11.8. The summed E-state index contributed by atoms with van der Waals surface area (Å²) in [5, 5.41) is 0. The maximum Gasteiger partial charge on any atom is 0.501 e. The third-order valence-electron chi connectivity index (χ3n) is 2.13. The molecule has 0 heterocycles. The molecule has 0 radical (unpaired) electrons. The quantitative estimate of drug-likeness (QED) is 0.279. The lowest BCUT2D eigenvalue weighted by molar-refractivity contribution is -0.0000150. The van der Waals surface area contributed by atoms with Gasteiger partial charge in [0.05, 0.1) is 12.5 Å². The van der Waals surface area contributed by atoms with Gasteiger partial charge in [0.2, 0.25) is 0 Å². The van der Waals surface area contributed by atoms with Crippen molar-refractivity contribution in [1.29, 1.82) is 0 Å². The Morgan fingerprint density at radius 3 is 1.59 bits per heavy atom. The Morgan fingerprint density at radius 2 is 1.29 bits per heavy atom. The Kier molecular flexibility index (Phi) is 14.7. The van der Waals surface area contributed by atoms with Gasteiger partial charge in [0.15, 0.2) is 0 Å². The average Bonchev–Trinajstić information content (AvgIpc) is 2.18. The summed E-state index contributed by atoms with van der Waals surface area (Å²) in [7, 11) is -1.86. The van der Waals surface area contributed by atoms with Gasteiger partial charge in [-0.3, -0.25) is 0 Å². The molecule has 0 spiro atoms. The van der Waals surface area contributed by atoms with Crippen LogP contribution >= 0.6 is 0 Å². The smallest absolute Gasteiger partial charge is 0.501 e. The molecule has 0 aliphatic heterocycles. The van der Waals surface area contributed by atoms with Crippen molar-refractivity contribution in [2.45, 2.75) is 33.2 Å². The second kappa shape index (κ2) is 12.2. The van der Waals surface area contributed by atoms with E-state index in [1.807, 2.05) is 20.8 Å². The molecule has 0 aromatic carbocycles. The minimum absolute atomic E-state index is 0. The van der Waals surface area contributed by atoms with Crippen molar-refractivity contribution in [1.82, 2.24) is 0 Å². The zero-order chi connectivity index (χ0) is 12.4. The zero-order valence-corrected chi connectivity index (χ0v) is 15.7. The maximum atomic E-state index is 5.79. The van der Waals surface area contributed by atoms with Crippen molar-refractivity contribution in [2.24, 2.45) is 0 Å². The van der Waals surface area contributed by atoms with Crippen LogP contribution in [0.3, 0.4) is 0 Å². The first-order chi connectivity index (χ1) is 7.60. The second-order valence-electron chi connectivity index (χ2n) is 3.78. The number of halogens is 1. The molecule has 0 amide bonds. The summed E-state index contributed by atoms with van der Waals surface area (Å²) >= 11 is 0. The van der Waals surface area contributed by atoms with E-state index in [2.05, 4.69) is 12.5 Å². The highest BCUT2D eigenvalue weighted by atomic mass is 127. The van der Waals surface area contributed by atoms with Crippen LogP contribution in [0.25, 0.3) is 0 Å². The molecule has 0 aliphatic carbocycles. The summed E-state index contributed by atoms with van der Waals surface area (Å²) < 4.78 is 17.4. The molecule has 0 atom stereocenters. The van der Waals surface area contributed by atoms with Crippen LogP contribution in [0.2, 0.25) is 6.04 Å². The van der Waals surface area contributed by atoms with Gasteiger partial charge in [0.25, 0.3) is 0 Å². The van der Waals surface area contributed by atoms with Gasteiger partial charge < -0.3 is 37.3 Å². The van der Waals surface area contributed by atoms with E-state index in [0.717, 1.165) is 12.5 Å². The summed E-state index contributed by atoms with van der Waals surface area (Å²) in [6, 6.07) is 0.952. The maximum absolute atomic E-state index is 5.79. The summed E-state index contributed by atoms with van der Waals surface area (Å²) in [5.74, 6) is 1.24. The first-order valence-corrected chi connectivity index (χ1v) is 10.2. The van der Waals surface area contributed by atoms with E-state index in [1.165, 1.54) is 5.75 Å². The van der Waals surface area contributed by atoms with E-state index in [1.54, 1.807) is 0 Å². The molecule has 0 aliphatic rings. The highest BCUT2D eigenvalue weighted by Gasteiger charge is 2.40. The van der Waals surface area contributed by atoms with Gasteiger partial charge in [-0.2, -0.15) is 0 Å². The molecular formula is C11H27IO3SSi. The molecule has 0 bridgehead atoms. The standard InChI is InChI=1S/C11H27O3SSi.HI/c1-6-12-16(13-7-2,14-8-3)11-9-10-15(4)5;/h6-11H2,1-5H3;1H/q+1;/p-1. The number of rotatable bonds is 10. The first-order valence-electron chi connectivity index (χ1n) is 6.06. The van der Waals surface area contributed by atoms with Crippen LogP contribution in [0.1, 0.15) is 27.2 Å². The van der Waals surface area contributed by atoms with Gasteiger partial charge in [-0.1, -0.05) is 0 Å². The van der Waals surface area contributed by atoms with E-state index in [4.69, 9.17) is 13.3 Å². The van der Waals surface area contributed by atoms with Crippen LogP contribution < -0.4 is 24.0 Å². The molecule has 0 unspecified atom stereocenters. The van der Waals surface area contributed by atoms with E-state index in [9.17, 15) is 0 Å². The molecular weight excluding hydrogens is 367 g/mol. The number of hydrogen-bond donors (Lipinski definition) is 0. The molecule has 0 aromatic rings. The van der Waals surface area contributed by atoms with E-state index < -0.39 is 8.80 Å². The second-order valence-corrected chi connectivity index (χ2v) is 8.89. The molecule has 6 heteroatoms. The molecule has 0 saturated carbocycles. The highest BCUT2D eigenvalue weighted by Crippen LogP contribution is 2.18.